The Hall–Kier alpha value is -3.23. The van der Waals surface area contributed by atoms with Crippen molar-refractivity contribution < 1.29 is 19.6 Å². The molecule has 0 aliphatic carbocycles. The summed E-state index contributed by atoms with van der Waals surface area (Å²) in [5.41, 5.74) is 9.17. The van der Waals surface area contributed by atoms with Crippen LogP contribution in [0.3, 0.4) is 0 Å². The Morgan fingerprint density at radius 1 is 0.964 bits per heavy atom. The lowest BCUT2D eigenvalue weighted by Gasteiger charge is -2.17. The van der Waals surface area contributed by atoms with E-state index in [0.29, 0.717) is 18.5 Å². The molecule has 2 aromatic rings. The fourth-order valence-corrected chi connectivity index (χ4v) is 2.54. The second kappa shape index (κ2) is 10.8. The number of rotatable bonds is 9. The summed E-state index contributed by atoms with van der Waals surface area (Å²) in [5.74, 6) is -1.61. The number of carbonyl (C=O) groups excluding carboxylic acids is 3. The van der Waals surface area contributed by atoms with E-state index in [-0.39, 0.29) is 18.9 Å². The predicted octanol–water partition coefficient (Wildman–Crippen LogP) is 0.813. The summed E-state index contributed by atoms with van der Waals surface area (Å²) >= 11 is 0. The zero-order valence-corrected chi connectivity index (χ0v) is 15.4. The SMILES string of the molecule is NCCCC(=O)NC[C@H](NC(=O)c1ccc(-c2ccccc2)cc1)C(=O)NO. The van der Waals surface area contributed by atoms with Gasteiger partial charge in [-0.05, 0) is 36.2 Å². The van der Waals surface area contributed by atoms with E-state index in [0.717, 1.165) is 11.1 Å². The highest BCUT2D eigenvalue weighted by Crippen LogP contribution is 2.19. The standard InChI is InChI=1S/C20H24N4O4/c21-12-4-7-18(25)22-13-17(20(27)24-28)23-19(26)16-10-8-15(9-11-16)14-5-2-1-3-6-14/h1-3,5-6,8-11,17,28H,4,7,12-13,21H2,(H,22,25)(H,23,26)(H,24,27)/t17-/m0/s1. The zero-order chi connectivity index (χ0) is 20.4. The van der Waals surface area contributed by atoms with Crippen LogP contribution in [-0.4, -0.2) is 42.1 Å². The van der Waals surface area contributed by atoms with Gasteiger partial charge in [0.05, 0.1) is 0 Å². The molecule has 3 amide bonds. The monoisotopic (exact) mass is 384 g/mol. The normalized spacial score (nSPS) is 11.4. The van der Waals surface area contributed by atoms with Crippen molar-refractivity contribution in [3.8, 4) is 11.1 Å². The highest BCUT2D eigenvalue weighted by Gasteiger charge is 2.21. The fraction of sp³-hybridized carbons (Fsp3) is 0.250. The molecule has 0 aliphatic rings. The lowest BCUT2D eigenvalue weighted by atomic mass is 10.0. The van der Waals surface area contributed by atoms with Gasteiger partial charge in [-0.1, -0.05) is 42.5 Å². The molecule has 0 saturated heterocycles. The molecule has 6 N–H and O–H groups in total. The predicted molar refractivity (Wildman–Crippen MR) is 104 cm³/mol. The lowest BCUT2D eigenvalue weighted by molar-refractivity contribution is -0.131. The molecule has 8 nitrogen and oxygen atoms in total. The molecule has 0 radical (unpaired) electrons. The van der Waals surface area contributed by atoms with Gasteiger partial charge < -0.3 is 16.4 Å². The van der Waals surface area contributed by atoms with Crippen molar-refractivity contribution in [2.45, 2.75) is 18.9 Å². The van der Waals surface area contributed by atoms with E-state index < -0.39 is 17.9 Å². The number of amides is 3. The summed E-state index contributed by atoms with van der Waals surface area (Å²) in [6, 6.07) is 15.5. The van der Waals surface area contributed by atoms with E-state index in [4.69, 9.17) is 10.9 Å². The lowest BCUT2D eigenvalue weighted by Crippen LogP contribution is -2.52. The van der Waals surface area contributed by atoms with E-state index in [2.05, 4.69) is 10.6 Å². The average Bonchev–Trinajstić information content (AvgIpc) is 2.75. The van der Waals surface area contributed by atoms with Crippen molar-refractivity contribution in [1.29, 1.82) is 0 Å². The average molecular weight is 384 g/mol. The molecule has 0 saturated carbocycles. The maximum absolute atomic E-state index is 12.4. The van der Waals surface area contributed by atoms with Crippen molar-refractivity contribution in [2.75, 3.05) is 13.1 Å². The van der Waals surface area contributed by atoms with Gasteiger partial charge in [0.15, 0.2) is 0 Å². The summed E-state index contributed by atoms with van der Waals surface area (Å²) < 4.78 is 0. The topological polar surface area (TPSA) is 134 Å². The summed E-state index contributed by atoms with van der Waals surface area (Å²) in [6.45, 7) is 0.229. The number of nitrogens with one attached hydrogen (secondary N) is 3. The first-order chi connectivity index (χ1) is 13.5. The van der Waals surface area contributed by atoms with Crippen LogP contribution in [0.5, 0.6) is 0 Å². The number of benzene rings is 2. The molecule has 0 bridgehead atoms. The Labute approximate surface area is 163 Å². The van der Waals surface area contributed by atoms with Crippen molar-refractivity contribution in [1.82, 2.24) is 16.1 Å². The van der Waals surface area contributed by atoms with Crippen LogP contribution in [0.15, 0.2) is 54.6 Å². The number of hydrogen-bond acceptors (Lipinski definition) is 5. The Balaban J connectivity index is 2.00. The third-order valence-electron chi connectivity index (χ3n) is 4.10. The molecule has 0 aliphatic heterocycles. The van der Waals surface area contributed by atoms with Crippen LogP contribution < -0.4 is 21.8 Å². The minimum absolute atomic E-state index is 0.149. The Morgan fingerprint density at radius 2 is 1.61 bits per heavy atom. The van der Waals surface area contributed by atoms with E-state index in [1.165, 1.54) is 5.48 Å². The zero-order valence-electron chi connectivity index (χ0n) is 15.4. The second-order valence-corrected chi connectivity index (χ2v) is 6.14. The molecule has 1 atom stereocenters. The molecule has 0 heterocycles. The van der Waals surface area contributed by atoms with Crippen LogP contribution in [0.4, 0.5) is 0 Å². The van der Waals surface area contributed by atoms with Crippen LogP contribution in [0, 0.1) is 0 Å². The third-order valence-corrected chi connectivity index (χ3v) is 4.10. The van der Waals surface area contributed by atoms with E-state index in [1.54, 1.807) is 24.3 Å². The smallest absolute Gasteiger partial charge is 0.267 e. The van der Waals surface area contributed by atoms with Gasteiger partial charge in [0.25, 0.3) is 11.8 Å². The molecule has 8 heteroatoms. The summed E-state index contributed by atoms with van der Waals surface area (Å²) in [6.07, 6.45) is 0.738. The first-order valence-electron chi connectivity index (χ1n) is 8.92. The van der Waals surface area contributed by atoms with Gasteiger partial charge in [-0.3, -0.25) is 19.6 Å². The van der Waals surface area contributed by atoms with E-state index in [1.807, 2.05) is 30.3 Å². The molecule has 2 rings (SSSR count). The second-order valence-electron chi connectivity index (χ2n) is 6.14. The number of nitrogens with two attached hydrogens (primary N) is 1. The molecule has 2 aromatic carbocycles. The van der Waals surface area contributed by atoms with Crippen LogP contribution in [0.2, 0.25) is 0 Å². The van der Waals surface area contributed by atoms with Crippen LogP contribution in [-0.2, 0) is 9.59 Å². The van der Waals surface area contributed by atoms with Crippen LogP contribution in [0.25, 0.3) is 11.1 Å². The first-order valence-corrected chi connectivity index (χ1v) is 8.92. The summed E-state index contributed by atoms with van der Waals surface area (Å²) in [4.78, 5) is 35.9. The summed E-state index contributed by atoms with van der Waals surface area (Å²) in [7, 11) is 0. The number of carbonyl (C=O) groups is 3. The quantitative estimate of drug-likeness (QED) is 0.322. The molecule has 28 heavy (non-hydrogen) atoms. The highest BCUT2D eigenvalue weighted by molar-refractivity contribution is 5.98. The maximum atomic E-state index is 12.4. The van der Waals surface area contributed by atoms with E-state index in [9.17, 15) is 14.4 Å². The van der Waals surface area contributed by atoms with Crippen LogP contribution >= 0.6 is 0 Å². The van der Waals surface area contributed by atoms with E-state index >= 15 is 0 Å². The van der Waals surface area contributed by atoms with Gasteiger partial charge in [0.1, 0.15) is 6.04 Å². The highest BCUT2D eigenvalue weighted by atomic mass is 16.5. The van der Waals surface area contributed by atoms with Gasteiger partial charge in [-0.25, -0.2) is 5.48 Å². The van der Waals surface area contributed by atoms with Crippen LogP contribution in [0.1, 0.15) is 23.2 Å². The molecule has 0 unspecified atom stereocenters. The molecule has 148 valence electrons. The molecule has 0 aromatic heterocycles. The minimum Gasteiger partial charge on any atom is -0.353 e. The first kappa shape index (κ1) is 21.1. The Kier molecular flexibility index (Phi) is 8.13. The van der Waals surface area contributed by atoms with Gasteiger partial charge >= 0.3 is 0 Å². The third kappa shape index (κ3) is 6.19. The van der Waals surface area contributed by atoms with Gasteiger partial charge in [0.2, 0.25) is 5.91 Å². The molecular weight excluding hydrogens is 360 g/mol. The van der Waals surface area contributed by atoms with Gasteiger partial charge in [0, 0.05) is 18.5 Å². The van der Waals surface area contributed by atoms with Crippen molar-refractivity contribution in [2.24, 2.45) is 5.73 Å². The van der Waals surface area contributed by atoms with Crippen molar-refractivity contribution in [3.63, 3.8) is 0 Å². The summed E-state index contributed by atoms with van der Waals surface area (Å²) in [5, 5.41) is 13.9. The Morgan fingerprint density at radius 3 is 2.21 bits per heavy atom. The fourth-order valence-electron chi connectivity index (χ4n) is 2.54. The molecule has 0 fully saturated rings. The minimum atomic E-state index is -1.12. The number of hydrogen-bond donors (Lipinski definition) is 5. The largest absolute Gasteiger partial charge is 0.353 e. The van der Waals surface area contributed by atoms with Gasteiger partial charge in [-0.15, -0.1) is 0 Å². The van der Waals surface area contributed by atoms with Crippen molar-refractivity contribution >= 4 is 17.7 Å². The molecular formula is C20H24N4O4. The van der Waals surface area contributed by atoms with Gasteiger partial charge in [-0.2, -0.15) is 0 Å². The Bertz CT molecular complexity index is 794. The molecule has 0 spiro atoms. The van der Waals surface area contributed by atoms with Crippen molar-refractivity contribution in [3.05, 3.63) is 60.2 Å². The maximum Gasteiger partial charge on any atom is 0.267 e. The number of hydroxylamine groups is 1.